The number of thioether (sulfide) groups is 1. The van der Waals surface area contributed by atoms with Crippen molar-refractivity contribution in [2.45, 2.75) is 6.54 Å². The number of rotatable bonds is 7. The zero-order valence-electron chi connectivity index (χ0n) is 20.7. The van der Waals surface area contributed by atoms with Crippen LogP contribution in [-0.4, -0.2) is 34.2 Å². The Labute approximate surface area is 228 Å². The van der Waals surface area contributed by atoms with Gasteiger partial charge < -0.3 is 14.3 Å². The summed E-state index contributed by atoms with van der Waals surface area (Å²) in [5.41, 5.74) is 2.96. The molecule has 1 fully saturated rings. The van der Waals surface area contributed by atoms with Crippen molar-refractivity contribution in [1.29, 1.82) is 5.26 Å². The van der Waals surface area contributed by atoms with Gasteiger partial charge in [0.25, 0.3) is 5.91 Å². The van der Waals surface area contributed by atoms with Crippen LogP contribution in [0.3, 0.4) is 0 Å². The van der Waals surface area contributed by atoms with Crippen molar-refractivity contribution in [3.8, 4) is 23.1 Å². The number of carboxylic acid groups (broad SMARTS) is 1. The van der Waals surface area contributed by atoms with Crippen molar-refractivity contribution >= 4 is 40.6 Å². The smallest absolute Gasteiger partial charge is 0.335 e. The van der Waals surface area contributed by atoms with Gasteiger partial charge in [0.05, 0.1) is 41.4 Å². The summed E-state index contributed by atoms with van der Waals surface area (Å²) in [4.78, 5) is 31.4. The second kappa shape index (κ2) is 11.1. The summed E-state index contributed by atoms with van der Waals surface area (Å²) in [6, 6.07) is 26.3. The van der Waals surface area contributed by atoms with Crippen molar-refractivity contribution in [3.05, 3.63) is 112 Å². The number of carbonyl (C=O) groups excluding carboxylic acids is 1. The van der Waals surface area contributed by atoms with E-state index in [0.717, 1.165) is 11.1 Å². The average Bonchev–Trinajstić information content (AvgIpc) is 3.54. The maximum absolute atomic E-state index is 13.5. The molecule has 8 nitrogen and oxygen atoms in total. The highest BCUT2D eigenvalue weighted by Crippen LogP contribution is 2.36. The molecule has 1 aliphatic heterocycles. The molecule has 1 amide bonds. The molecule has 0 aliphatic carbocycles. The summed E-state index contributed by atoms with van der Waals surface area (Å²) in [6.07, 6.45) is 1.68. The molecule has 5 rings (SSSR count). The minimum Gasteiger partial charge on any atom is -0.497 e. The number of nitriles is 1. The number of carboxylic acids is 1. The van der Waals surface area contributed by atoms with Crippen LogP contribution in [0.2, 0.25) is 0 Å². The number of carbonyl (C=O) groups is 2. The molecule has 0 radical (unpaired) electrons. The lowest BCUT2D eigenvalue weighted by Gasteiger charge is -2.16. The summed E-state index contributed by atoms with van der Waals surface area (Å²) in [5, 5.41) is 18.7. The lowest BCUT2D eigenvalue weighted by Crippen LogP contribution is -2.28. The maximum atomic E-state index is 13.5. The fourth-order valence-corrected chi connectivity index (χ4v) is 4.84. The van der Waals surface area contributed by atoms with E-state index in [1.165, 1.54) is 23.9 Å². The number of amidine groups is 1. The molecule has 192 valence electrons. The number of nitrogens with zero attached hydrogens (tertiary/aromatic N) is 3. The van der Waals surface area contributed by atoms with Crippen LogP contribution >= 0.6 is 11.8 Å². The van der Waals surface area contributed by atoms with Crippen LogP contribution in [0.1, 0.15) is 27.2 Å². The molecule has 1 saturated heterocycles. The van der Waals surface area contributed by atoms with Crippen LogP contribution in [0.25, 0.3) is 17.4 Å². The van der Waals surface area contributed by atoms with Crippen LogP contribution in [0.5, 0.6) is 5.75 Å². The second-order valence-electron chi connectivity index (χ2n) is 8.49. The van der Waals surface area contributed by atoms with E-state index in [2.05, 4.69) is 6.07 Å². The first kappa shape index (κ1) is 25.6. The third-order valence-corrected chi connectivity index (χ3v) is 6.93. The van der Waals surface area contributed by atoms with Gasteiger partial charge in [-0.2, -0.15) is 5.26 Å². The molecular weight excluding hydrogens is 514 g/mol. The molecule has 1 aliphatic rings. The fourth-order valence-electron chi connectivity index (χ4n) is 3.86. The third-order valence-electron chi connectivity index (χ3n) is 5.93. The van der Waals surface area contributed by atoms with Gasteiger partial charge >= 0.3 is 5.97 Å². The Kier molecular flexibility index (Phi) is 7.30. The molecule has 4 aromatic rings. The summed E-state index contributed by atoms with van der Waals surface area (Å²) in [5.74, 6) is 0.554. The monoisotopic (exact) mass is 535 g/mol. The quantitative estimate of drug-likeness (QED) is 0.275. The molecule has 0 unspecified atom stereocenters. The zero-order chi connectivity index (χ0) is 27.4. The topological polar surface area (TPSA) is 116 Å². The lowest BCUT2D eigenvalue weighted by molar-refractivity contribution is -0.122. The van der Waals surface area contributed by atoms with Crippen molar-refractivity contribution in [3.63, 3.8) is 0 Å². The SMILES string of the molecule is COc1ccc(N=C2S/C(=C\c3ccc(-c4ccc(C#N)cc4)o3)C(=O)N2Cc2ccc(C(=O)O)cc2)cc1. The first-order valence-corrected chi connectivity index (χ1v) is 12.6. The first-order chi connectivity index (χ1) is 18.9. The number of benzene rings is 3. The van der Waals surface area contributed by atoms with E-state index in [1.54, 1.807) is 84.8 Å². The highest BCUT2D eigenvalue weighted by molar-refractivity contribution is 8.18. The van der Waals surface area contributed by atoms with E-state index >= 15 is 0 Å². The van der Waals surface area contributed by atoms with E-state index in [1.807, 2.05) is 6.07 Å². The van der Waals surface area contributed by atoms with Crippen LogP contribution in [0.4, 0.5) is 5.69 Å². The van der Waals surface area contributed by atoms with Gasteiger partial charge in [-0.15, -0.1) is 0 Å². The van der Waals surface area contributed by atoms with Crippen LogP contribution < -0.4 is 4.74 Å². The minimum absolute atomic E-state index is 0.171. The summed E-state index contributed by atoms with van der Waals surface area (Å²) >= 11 is 1.23. The van der Waals surface area contributed by atoms with E-state index in [0.29, 0.717) is 38.6 Å². The van der Waals surface area contributed by atoms with Gasteiger partial charge in [-0.25, -0.2) is 9.79 Å². The Morgan fingerprint density at radius 2 is 1.77 bits per heavy atom. The number of furan rings is 1. The minimum atomic E-state index is -1.01. The van der Waals surface area contributed by atoms with E-state index in [4.69, 9.17) is 19.4 Å². The maximum Gasteiger partial charge on any atom is 0.335 e. The Morgan fingerprint density at radius 3 is 2.41 bits per heavy atom. The summed E-state index contributed by atoms with van der Waals surface area (Å²) in [7, 11) is 1.59. The highest BCUT2D eigenvalue weighted by Gasteiger charge is 2.34. The summed E-state index contributed by atoms with van der Waals surface area (Å²) < 4.78 is 11.2. The van der Waals surface area contributed by atoms with Crippen LogP contribution in [-0.2, 0) is 11.3 Å². The van der Waals surface area contributed by atoms with Crippen LogP contribution in [0.15, 0.2) is 99.2 Å². The molecule has 1 aromatic heterocycles. The Hall–Kier alpha value is -5.07. The first-order valence-electron chi connectivity index (χ1n) is 11.8. The van der Waals surface area contributed by atoms with Gasteiger partial charge in [0, 0.05) is 11.6 Å². The number of aliphatic imine (C=N–C) groups is 1. The molecule has 0 saturated carbocycles. The third kappa shape index (κ3) is 5.76. The number of hydrogen-bond acceptors (Lipinski definition) is 7. The second-order valence-corrected chi connectivity index (χ2v) is 9.50. The normalized spacial score (nSPS) is 15.1. The zero-order valence-corrected chi connectivity index (χ0v) is 21.5. The van der Waals surface area contributed by atoms with Gasteiger partial charge in [0.1, 0.15) is 17.3 Å². The molecule has 0 spiro atoms. The van der Waals surface area contributed by atoms with Crippen molar-refractivity contribution < 1.29 is 23.8 Å². The Morgan fingerprint density at radius 1 is 1.05 bits per heavy atom. The molecule has 39 heavy (non-hydrogen) atoms. The molecule has 0 atom stereocenters. The number of methoxy groups -OCH3 is 1. The molecular formula is C30H21N3O5S. The fraction of sp³-hybridized carbons (Fsp3) is 0.0667. The Balaban J connectivity index is 1.44. The van der Waals surface area contributed by atoms with Crippen molar-refractivity contribution in [1.82, 2.24) is 4.90 Å². The summed E-state index contributed by atoms with van der Waals surface area (Å²) in [6.45, 7) is 0.215. The molecule has 1 N–H and O–H groups in total. The standard InChI is InChI=1S/C30H21N3O5S/c1-37-24-12-10-23(11-13-24)32-30-33(18-20-4-8-22(9-5-20)29(35)36)28(34)27(39-30)16-25-14-15-26(38-25)21-6-2-19(17-31)3-7-21/h2-16H,18H2,1H3,(H,35,36)/b27-16-,32-30?. The number of ether oxygens (including phenoxy) is 1. The molecule has 9 heteroatoms. The largest absolute Gasteiger partial charge is 0.497 e. The number of aromatic carboxylic acids is 1. The van der Waals surface area contributed by atoms with Crippen molar-refractivity contribution in [2.75, 3.05) is 7.11 Å². The lowest BCUT2D eigenvalue weighted by atomic mass is 10.1. The molecule has 2 heterocycles. The Bertz CT molecular complexity index is 1630. The molecule has 0 bridgehead atoms. The van der Waals surface area contributed by atoms with Gasteiger partial charge in [0.2, 0.25) is 0 Å². The van der Waals surface area contributed by atoms with Gasteiger partial charge in [-0.3, -0.25) is 9.69 Å². The van der Waals surface area contributed by atoms with Gasteiger partial charge in [0.15, 0.2) is 5.17 Å². The average molecular weight is 536 g/mol. The van der Waals surface area contributed by atoms with E-state index in [-0.39, 0.29) is 18.0 Å². The van der Waals surface area contributed by atoms with E-state index < -0.39 is 5.97 Å². The predicted molar refractivity (Wildman–Crippen MR) is 148 cm³/mol. The highest BCUT2D eigenvalue weighted by atomic mass is 32.2. The number of amides is 1. The predicted octanol–water partition coefficient (Wildman–Crippen LogP) is 6.33. The van der Waals surface area contributed by atoms with Crippen LogP contribution in [0, 0.1) is 11.3 Å². The van der Waals surface area contributed by atoms with Gasteiger partial charge in [-0.1, -0.05) is 12.1 Å². The van der Waals surface area contributed by atoms with Gasteiger partial charge in [-0.05, 0) is 90.1 Å². The molecule has 3 aromatic carbocycles. The number of hydrogen-bond donors (Lipinski definition) is 1. The van der Waals surface area contributed by atoms with E-state index in [9.17, 15) is 14.7 Å². The van der Waals surface area contributed by atoms with Crippen molar-refractivity contribution in [2.24, 2.45) is 4.99 Å².